The monoisotopic (exact) mass is 268 g/mol. The van der Waals surface area contributed by atoms with Gasteiger partial charge >= 0.3 is 0 Å². The Labute approximate surface area is 121 Å². The van der Waals surface area contributed by atoms with E-state index < -0.39 is 0 Å². The van der Waals surface area contributed by atoms with Crippen LogP contribution >= 0.6 is 0 Å². The minimum atomic E-state index is 0.363. The highest BCUT2D eigenvalue weighted by Crippen LogP contribution is 2.29. The molecule has 0 bridgehead atoms. The fourth-order valence-corrected chi connectivity index (χ4v) is 3.00. The maximum Gasteiger partial charge on any atom is 0.0269 e. The Morgan fingerprint density at radius 2 is 1.74 bits per heavy atom. The van der Waals surface area contributed by atoms with Crippen molar-refractivity contribution in [3.63, 3.8) is 0 Å². The fourth-order valence-electron chi connectivity index (χ4n) is 3.00. The second-order valence-electron chi connectivity index (χ2n) is 8.58. The third kappa shape index (κ3) is 5.83. The zero-order chi connectivity index (χ0) is 14.7. The van der Waals surface area contributed by atoms with Crippen molar-refractivity contribution in [2.24, 2.45) is 10.8 Å². The first-order valence-corrected chi connectivity index (χ1v) is 8.11. The summed E-state index contributed by atoms with van der Waals surface area (Å²) >= 11 is 0. The summed E-state index contributed by atoms with van der Waals surface area (Å²) in [6.45, 7) is 20.1. The van der Waals surface area contributed by atoms with E-state index in [1.54, 1.807) is 0 Å². The highest BCUT2D eigenvalue weighted by molar-refractivity contribution is 4.92. The number of hydrogen-bond donors (Lipinski definition) is 1. The first kappa shape index (κ1) is 17.0. The fraction of sp³-hybridized carbons (Fsp3) is 1.00. The molecule has 1 aliphatic heterocycles. The van der Waals surface area contributed by atoms with Gasteiger partial charge in [-0.3, -0.25) is 4.90 Å². The van der Waals surface area contributed by atoms with E-state index in [0.717, 1.165) is 6.54 Å². The number of piperazine rings is 1. The Balaban J connectivity index is 2.65. The van der Waals surface area contributed by atoms with Crippen LogP contribution in [-0.2, 0) is 0 Å². The minimum Gasteiger partial charge on any atom is -0.311 e. The molecule has 2 unspecified atom stereocenters. The van der Waals surface area contributed by atoms with Gasteiger partial charge < -0.3 is 5.32 Å². The molecule has 1 aliphatic rings. The maximum atomic E-state index is 3.76. The van der Waals surface area contributed by atoms with Gasteiger partial charge in [0.25, 0.3) is 0 Å². The summed E-state index contributed by atoms with van der Waals surface area (Å²) in [5, 5.41) is 3.76. The normalized spacial score (nSPS) is 26.7. The topological polar surface area (TPSA) is 15.3 Å². The summed E-state index contributed by atoms with van der Waals surface area (Å²) in [5.41, 5.74) is 0.801. The lowest BCUT2D eigenvalue weighted by atomic mass is 9.82. The van der Waals surface area contributed by atoms with Crippen molar-refractivity contribution in [1.82, 2.24) is 10.2 Å². The predicted molar refractivity (Wildman–Crippen MR) is 85.6 cm³/mol. The Hall–Kier alpha value is -0.0800. The highest BCUT2D eigenvalue weighted by atomic mass is 15.2. The molecule has 1 N–H and O–H groups in total. The van der Waals surface area contributed by atoms with E-state index in [9.17, 15) is 0 Å². The van der Waals surface area contributed by atoms with Gasteiger partial charge in [-0.05, 0) is 30.2 Å². The van der Waals surface area contributed by atoms with Gasteiger partial charge in [-0.15, -0.1) is 0 Å². The molecule has 0 aromatic rings. The van der Waals surface area contributed by atoms with Gasteiger partial charge in [-0.2, -0.15) is 0 Å². The van der Waals surface area contributed by atoms with E-state index >= 15 is 0 Å². The van der Waals surface area contributed by atoms with Crippen LogP contribution in [0.5, 0.6) is 0 Å². The quantitative estimate of drug-likeness (QED) is 0.831. The number of nitrogens with zero attached hydrogens (tertiary/aromatic N) is 1. The van der Waals surface area contributed by atoms with Gasteiger partial charge in [0.05, 0.1) is 0 Å². The summed E-state index contributed by atoms with van der Waals surface area (Å²) < 4.78 is 0. The standard InChI is InChI=1S/C17H36N2/c1-8-9-14-13-19(11-10-16(2,3)4)15(12-18-14)17(5,6)7/h14-15,18H,8-13H2,1-7H3. The van der Waals surface area contributed by atoms with Crippen molar-refractivity contribution < 1.29 is 0 Å². The summed E-state index contributed by atoms with van der Waals surface area (Å²) in [6.07, 6.45) is 3.88. The third-order valence-corrected chi connectivity index (χ3v) is 4.28. The average molecular weight is 268 g/mol. The van der Waals surface area contributed by atoms with E-state index in [1.165, 1.54) is 32.4 Å². The van der Waals surface area contributed by atoms with E-state index in [1.807, 2.05) is 0 Å². The predicted octanol–water partition coefficient (Wildman–Crippen LogP) is 3.91. The lowest BCUT2D eigenvalue weighted by molar-refractivity contribution is 0.0455. The molecule has 114 valence electrons. The molecule has 0 aliphatic carbocycles. The van der Waals surface area contributed by atoms with Crippen LogP contribution in [0.25, 0.3) is 0 Å². The Bertz CT molecular complexity index is 259. The molecule has 0 radical (unpaired) electrons. The Morgan fingerprint density at radius 3 is 2.21 bits per heavy atom. The van der Waals surface area contributed by atoms with Crippen molar-refractivity contribution in [3.8, 4) is 0 Å². The minimum absolute atomic E-state index is 0.363. The van der Waals surface area contributed by atoms with E-state index in [2.05, 4.69) is 58.7 Å². The average Bonchev–Trinajstić information content (AvgIpc) is 2.24. The van der Waals surface area contributed by atoms with Crippen LogP contribution in [0.3, 0.4) is 0 Å². The van der Waals surface area contributed by atoms with Crippen LogP contribution in [0, 0.1) is 10.8 Å². The van der Waals surface area contributed by atoms with Crippen molar-refractivity contribution in [2.75, 3.05) is 19.6 Å². The van der Waals surface area contributed by atoms with Crippen molar-refractivity contribution in [2.45, 2.75) is 79.8 Å². The number of hydrogen-bond acceptors (Lipinski definition) is 2. The molecule has 0 aromatic heterocycles. The molecule has 1 rings (SSSR count). The molecule has 2 atom stereocenters. The highest BCUT2D eigenvalue weighted by Gasteiger charge is 2.35. The number of nitrogens with one attached hydrogen (secondary N) is 1. The summed E-state index contributed by atoms with van der Waals surface area (Å²) in [7, 11) is 0. The zero-order valence-corrected chi connectivity index (χ0v) is 14.3. The maximum absolute atomic E-state index is 3.76. The van der Waals surface area contributed by atoms with Gasteiger partial charge in [0.15, 0.2) is 0 Å². The smallest absolute Gasteiger partial charge is 0.0269 e. The SMILES string of the molecule is CCCC1CN(CCC(C)(C)C)C(C(C)(C)C)CN1. The van der Waals surface area contributed by atoms with Gasteiger partial charge in [0, 0.05) is 25.2 Å². The molecule has 0 aromatic carbocycles. The van der Waals surface area contributed by atoms with Gasteiger partial charge in [-0.25, -0.2) is 0 Å². The van der Waals surface area contributed by atoms with Crippen LogP contribution in [0.4, 0.5) is 0 Å². The molecule has 1 saturated heterocycles. The van der Waals surface area contributed by atoms with Gasteiger partial charge in [0.1, 0.15) is 0 Å². The van der Waals surface area contributed by atoms with Gasteiger partial charge in [0.2, 0.25) is 0 Å². The Kier molecular flexibility index (Phi) is 5.88. The summed E-state index contributed by atoms with van der Waals surface area (Å²) in [4.78, 5) is 2.75. The zero-order valence-electron chi connectivity index (χ0n) is 14.3. The summed E-state index contributed by atoms with van der Waals surface area (Å²) in [5.74, 6) is 0. The lowest BCUT2D eigenvalue weighted by Gasteiger charge is -2.47. The molecule has 0 spiro atoms. The van der Waals surface area contributed by atoms with Crippen LogP contribution in [0.1, 0.15) is 67.7 Å². The molecule has 2 nitrogen and oxygen atoms in total. The molecular formula is C17H36N2. The molecule has 2 heteroatoms. The van der Waals surface area contributed by atoms with Gasteiger partial charge in [-0.1, -0.05) is 54.9 Å². The van der Waals surface area contributed by atoms with Crippen molar-refractivity contribution in [3.05, 3.63) is 0 Å². The van der Waals surface area contributed by atoms with Crippen LogP contribution in [-0.4, -0.2) is 36.6 Å². The third-order valence-electron chi connectivity index (χ3n) is 4.28. The second kappa shape index (κ2) is 6.58. The number of rotatable bonds is 4. The molecule has 0 amide bonds. The summed E-state index contributed by atoms with van der Waals surface area (Å²) in [6, 6.07) is 1.37. The molecule has 19 heavy (non-hydrogen) atoms. The Morgan fingerprint density at radius 1 is 1.11 bits per heavy atom. The van der Waals surface area contributed by atoms with E-state index in [-0.39, 0.29) is 0 Å². The lowest BCUT2D eigenvalue weighted by Crippen LogP contribution is -2.60. The van der Waals surface area contributed by atoms with E-state index in [4.69, 9.17) is 0 Å². The van der Waals surface area contributed by atoms with Crippen LogP contribution in [0.15, 0.2) is 0 Å². The molecular weight excluding hydrogens is 232 g/mol. The second-order valence-corrected chi connectivity index (χ2v) is 8.58. The molecule has 1 heterocycles. The van der Waals surface area contributed by atoms with Crippen molar-refractivity contribution in [1.29, 1.82) is 0 Å². The molecule has 0 saturated carbocycles. The first-order valence-electron chi connectivity index (χ1n) is 8.11. The van der Waals surface area contributed by atoms with Crippen LogP contribution < -0.4 is 5.32 Å². The van der Waals surface area contributed by atoms with Crippen molar-refractivity contribution >= 4 is 0 Å². The first-order chi connectivity index (χ1) is 8.63. The van der Waals surface area contributed by atoms with Crippen LogP contribution in [0.2, 0.25) is 0 Å². The molecule has 1 fully saturated rings. The van der Waals surface area contributed by atoms with E-state index in [0.29, 0.717) is 22.9 Å². The largest absolute Gasteiger partial charge is 0.311 e.